The summed E-state index contributed by atoms with van der Waals surface area (Å²) in [7, 11) is 0. The van der Waals surface area contributed by atoms with Gasteiger partial charge in [0.1, 0.15) is 0 Å². The summed E-state index contributed by atoms with van der Waals surface area (Å²) in [6.07, 6.45) is 20.1. The molecule has 96 valence electrons. The van der Waals surface area contributed by atoms with Crippen molar-refractivity contribution in [1.82, 2.24) is 4.90 Å². The van der Waals surface area contributed by atoms with Gasteiger partial charge in [-0.1, -0.05) is 49.5 Å². The molecule has 0 aromatic carbocycles. The van der Waals surface area contributed by atoms with E-state index in [9.17, 15) is 0 Å². The Bertz CT molecular complexity index is 411. The van der Waals surface area contributed by atoms with Crippen LogP contribution in [0.1, 0.15) is 26.7 Å². The molecule has 1 unspecified atom stereocenters. The van der Waals surface area contributed by atoms with Gasteiger partial charge in [-0.3, -0.25) is 0 Å². The summed E-state index contributed by atoms with van der Waals surface area (Å²) < 4.78 is 0. The highest BCUT2D eigenvalue weighted by atomic mass is 15.1. The first kappa shape index (κ1) is 12.9. The van der Waals surface area contributed by atoms with Crippen molar-refractivity contribution in [3.8, 4) is 0 Å². The molecule has 1 heterocycles. The quantitative estimate of drug-likeness (QED) is 0.654. The lowest BCUT2D eigenvalue weighted by Crippen LogP contribution is -2.22. The van der Waals surface area contributed by atoms with E-state index < -0.39 is 0 Å². The van der Waals surface area contributed by atoms with Crippen LogP contribution in [0.2, 0.25) is 0 Å². The molecule has 1 aliphatic carbocycles. The summed E-state index contributed by atoms with van der Waals surface area (Å²) in [6, 6.07) is 0. The molecular weight excluding hydrogens is 218 g/mol. The van der Waals surface area contributed by atoms with Crippen LogP contribution in [0, 0.1) is 5.92 Å². The third-order valence-electron chi connectivity index (χ3n) is 3.64. The van der Waals surface area contributed by atoms with E-state index in [1.54, 1.807) is 0 Å². The Balaban J connectivity index is 2.01. The molecule has 0 saturated carbocycles. The van der Waals surface area contributed by atoms with E-state index in [4.69, 9.17) is 0 Å². The van der Waals surface area contributed by atoms with Crippen LogP contribution >= 0.6 is 0 Å². The Kier molecular flexibility index (Phi) is 4.63. The second-order valence-corrected chi connectivity index (χ2v) is 5.04. The second kappa shape index (κ2) is 6.44. The van der Waals surface area contributed by atoms with Crippen LogP contribution in [0.5, 0.6) is 0 Å². The van der Waals surface area contributed by atoms with Gasteiger partial charge >= 0.3 is 0 Å². The zero-order valence-electron chi connectivity index (χ0n) is 11.5. The van der Waals surface area contributed by atoms with E-state index >= 15 is 0 Å². The molecule has 0 bridgehead atoms. The normalized spacial score (nSPS) is 26.8. The highest BCUT2D eigenvalue weighted by molar-refractivity contribution is 5.35. The Morgan fingerprint density at radius 3 is 2.61 bits per heavy atom. The number of rotatable bonds is 2. The Labute approximate surface area is 111 Å². The molecule has 0 N–H and O–H groups in total. The van der Waals surface area contributed by atoms with Gasteiger partial charge in [0, 0.05) is 18.8 Å². The van der Waals surface area contributed by atoms with Gasteiger partial charge in [0.15, 0.2) is 0 Å². The van der Waals surface area contributed by atoms with E-state index in [-0.39, 0.29) is 0 Å². The van der Waals surface area contributed by atoms with Gasteiger partial charge in [-0.05, 0) is 37.3 Å². The summed E-state index contributed by atoms with van der Waals surface area (Å²) in [6.45, 7) is 6.75. The highest BCUT2D eigenvalue weighted by Crippen LogP contribution is 2.19. The van der Waals surface area contributed by atoms with E-state index in [1.807, 2.05) is 0 Å². The Morgan fingerprint density at radius 2 is 1.94 bits per heavy atom. The minimum atomic E-state index is 0.532. The predicted molar refractivity (Wildman–Crippen MR) is 79.2 cm³/mol. The van der Waals surface area contributed by atoms with E-state index in [1.165, 1.54) is 24.1 Å². The lowest BCUT2D eigenvalue weighted by Gasteiger charge is -2.23. The van der Waals surface area contributed by atoms with Crippen molar-refractivity contribution in [2.75, 3.05) is 13.1 Å². The molecule has 0 radical (unpaired) electrons. The summed E-state index contributed by atoms with van der Waals surface area (Å²) in [4.78, 5) is 2.48. The molecular formula is C17H23N. The number of allylic oxidation sites excluding steroid dienone is 8. The number of nitrogens with zero attached hydrogens (tertiary/aromatic N) is 1. The summed E-state index contributed by atoms with van der Waals surface area (Å²) in [5.41, 5.74) is 2.77. The molecule has 2 rings (SSSR count). The maximum Gasteiger partial charge on any atom is 0.0209 e. The monoisotopic (exact) mass is 241 g/mol. The van der Waals surface area contributed by atoms with Gasteiger partial charge in [0.05, 0.1) is 0 Å². The van der Waals surface area contributed by atoms with Crippen LogP contribution in [0.25, 0.3) is 0 Å². The van der Waals surface area contributed by atoms with Gasteiger partial charge in [-0.15, -0.1) is 0 Å². The first-order valence-corrected chi connectivity index (χ1v) is 6.90. The molecule has 1 heteroatoms. The van der Waals surface area contributed by atoms with Crippen molar-refractivity contribution >= 4 is 0 Å². The van der Waals surface area contributed by atoms with Gasteiger partial charge in [-0.25, -0.2) is 0 Å². The topological polar surface area (TPSA) is 3.24 Å². The fourth-order valence-corrected chi connectivity index (χ4v) is 2.35. The van der Waals surface area contributed by atoms with Crippen LogP contribution in [-0.2, 0) is 0 Å². The predicted octanol–water partition coefficient (Wildman–Crippen LogP) is 4.23. The maximum absolute atomic E-state index is 2.48. The first-order chi connectivity index (χ1) is 8.77. The fraction of sp³-hybridized carbons (Fsp3) is 0.412. The summed E-state index contributed by atoms with van der Waals surface area (Å²) >= 11 is 0. The molecule has 18 heavy (non-hydrogen) atoms. The molecule has 1 nitrogen and oxygen atoms in total. The van der Waals surface area contributed by atoms with E-state index in [2.05, 4.69) is 67.4 Å². The van der Waals surface area contributed by atoms with Gasteiger partial charge in [0.25, 0.3) is 0 Å². The van der Waals surface area contributed by atoms with E-state index in [0.717, 1.165) is 13.1 Å². The Morgan fingerprint density at radius 1 is 1.22 bits per heavy atom. The van der Waals surface area contributed by atoms with Crippen LogP contribution in [0.15, 0.2) is 59.9 Å². The van der Waals surface area contributed by atoms with E-state index in [0.29, 0.717) is 5.92 Å². The molecule has 1 aliphatic heterocycles. The minimum absolute atomic E-state index is 0.532. The fourth-order valence-electron chi connectivity index (χ4n) is 2.35. The lowest BCUT2D eigenvalue weighted by molar-refractivity contribution is 0.364. The second-order valence-electron chi connectivity index (χ2n) is 5.04. The number of hydrogen-bond acceptors (Lipinski definition) is 1. The van der Waals surface area contributed by atoms with Gasteiger partial charge in [0.2, 0.25) is 0 Å². The van der Waals surface area contributed by atoms with Crippen molar-refractivity contribution in [3.63, 3.8) is 0 Å². The van der Waals surface area contributed by atoms with Crippen LogP contribution in [0.4, 0.5) is 0 Å². The van der Waals surface area contributed by atoms with Crippen LogP contribution in [-0.4, -0.2) is 18.0 Å². The molecule has 0 aromatic heterocycles. The average Bonchev–Trinajstić information content (AvgIpc) is 2.66. The molecule has 0 aromatic rings. The van der Waals surface area contributed by atoms with Crippen LogP contribution in [0.3, 0.4) is 0 Å². The van der Waals surface area contributed by atoms with Gasteiger partial charge < -0.3 is 4.90 Å². The lowest BCUT2D eigenvalue weighted by atomic mass is 9.96. The summed E-state index contributed by atoms with van der Waals surface area (Å²) in [5, 5.41) is 0. The average molecular weight is 241 g/mol. The highest BCUT2D eigenvalue weighted by Gasteiger charge is 2.06. The SMILES string of the molecule is C/C(=C\C=C1\C=CC=CC1C)N1CCC=CCC1. The molecule has 0 amide bonds. The van der Waals surface area contributed by atoms with Crippen molar-refractivity contribution in [3.05, 3.63) is 59.9 Å². The third-order valence-corrected chi connectivity index (χ3v) is 3.64. The molecule has 0 fully saturated rings. The summed E-state index contributed by atoms with van der Waals surface area (Å²) in [5.74, 6) is 0.532. The van der Waals surface area contributed by atoms with Gasteiger partial charge in [-0.2, -0.15) is 0 Å². The minimum Gasteiger partial charge on any atom is -0.374 e. The first-order valence-electron chi connectivity index (χ1n) is 6.90. The largest absolute Gasteiger partial charge is 0.374 e. The molecule has 1 atom stereocenters. The third kappa shape index (κ3) is 3.49. The van der Waals surface area contributed by atoms with Crippen molar-refractivity contribution in [2.24, 2.45) is 5.92 Å². The number of hydrogen-bond donors (Lipinski definition) is 0. The van der Waals surface area contributed by atoms with Crippen molar-refractivity contribution in [2.45, 2.75) is 26.7 Å². The molecule has 2 aliphatic rings. The zero-order chi connectivity index (χ0) is 12.8. The maximum atomic E-state index is 2.48. The molecule has 0 spiro atoms. The van der Waals surface area contributed by atoms with Crippen molar-refractivity contribution in [1.29, 1.82) is 0 Å². The standard InChI is InChI=1S/C17H23N/c1-15-9-5-6-10-17(15)12-11-16(2)18-13-7-3-4-8-14-18/h3-6,9-12,15H,7-8,13-14H2,1-2H3/b16-11+,17-12-. The Hall–Kier alpha value is -1.50. The van der Waals surface area contributed by atoms with Crippen molar-refractivity contribution < 1.29 is 0 Å². The zero-order valence-corrected chi connectivity index (χ0v) is 11.5. The molecule has 0 saturated heterocycles. The van der Waals surface area contributed by atoms with Crippen LogP contribution < -0.4 is 0 Å². The smallest absolute Gasteiger partial charge is 0.0209 e.